The number of hydrogen-bond acceptors (Lipinski definition) is 2. The molecule has 1 N–H and O–H groups in total. The Bertz CT molecular complexity index is 704. The molecule has 20 heavy (non-hydrogen) atoms. The van der Waals surface area contributed by atoms with E-state index in [1.807, 2.05) is 67.7 Å². The summed E-state index contributed by atoms with van der Waals surface area (Å²) in [4.78, 5) is 0. The van der Waals surface area contributed by atoms with Gasteiger partial charge in [0.25, 0.3) is 0 Å². The number of hydrogen-bond donors (Lipinski definition) is 1. The van der Waals surface area contributed by atoms with Gasteiger partial charge in [-0.25, -0.2) is 4.68 Å². The Balaban J connectivity index is 1.93. The molecule has 0 bridgehead atoms. The van der Waals surface area contributed by atoms with Crippen LogP contribution in [-0.2, 0) is 0 Å². The average molecular weight is 264 g/mol. The van der Waals surface area contributed by atoms with Crippen LogP contribution in [0.25, 0.3) is 5.69 Å². The summed E-state index contributed by atoms with van der Waals surface area (Å²) in [5, 5.41) is 14.8. The van der Waals surface area contributed by atoms with Crippen molar-refractivity contribution in [2.75, 3.05) is 0 Å². The smallest absolute Gasteiger partial charge is 0.107 e. The van der Waals surface area contributed by atoms with Gasteiger partial charge >= 0.3 is 0 Å². The van der Waals surface area contributed by atoms with Gasteiger partial charge in [0.1, 0.15) is 6.10 Å². The predicted molar refractivity (Wildman–Crippen MR) is 78.8 cm³/mol. The first-order chi connectivity index (χ1) is 9.75. The first-order valence-electron chi connectivity index (χ1n) is 6.59. The highest BCUT2D eigenvalue weighted by atomic mass is 16.3. The topological polar surface area (TPSA) is 38.1 Å². The molecule has 1 aromatic heterocycles. The minimum Gasteiger partial charge on any atom is -0.384 e. The molecule has 1 unspecified atom stereocenters. The lowest BCUT2D eigenvalue weighted by atomic mass is 10.00. The molecule has 0 saturated heterocycles. The van der Waals surface area contributed by atoms with Gasteiger partial charge < -0.3 is 5.11 Å². The molecule has 3 nitrogen and oxygen atoms in total. The minimum absolute atomic E-state index is 0.645. The van der Waals surface area contributed by atoms with Gasteiger partial charge in [-0.3, -0.25) is 0 Å². The number of aryl methyl sites for hydroxylation is 1. The van der Waals surface area contributed by atoms with E-state index in [1.165, 1.54) is 0 Å². The van der Waals surface area contributed by atoms with Crippen LogP contribution in [-0.4, -0.2) is 14.9 Å². The van der Waals surface area contributed by atoms with Gasteiger partial charge in [-0.2, -0.15) is 5.10 Å². The van der Waals surface area contributed by atoms with Crippen molar-refractivity contribution in [2.24, 2.45) is 0 Å². The monoisotopic (exact) mass is 264 g/mol. The van der Waals surface area contributed by atoms with Crippen LogP contribution in [0.15, 0.2) is 67.0 Å². The third kappa shape index (κ3) is 2.36. The molecule has 100 valence electrons. The largest absolute Gasteiger partial charge is 0.384 e. The molecule has 0 saturated carbocycles. The average Bonchev–Trinajstić information content (AvgIpc) is 2.98. The van der Waals surface area contributed by atoms with Crippen LogP contribution in [0, 0.1) is 6.92 Å². The van der Waals surface area contributed by atoms with E-state index in [0.717, 1.165) is 22.4 Å². The zero-order chi connectivity index (χ0) is 13.9. The summed E-state index contributed by atoms with van der Waals surface area (Å²) in [7, 11) is 0. The van der Waals surface area contributed by atoms with Gasteiger partial charge in [0.2, 0.25) is 0 Å². The number of aromatic nitrogens is 2. The van der Waals surface area contributed by atoms with Crippen molar-refractivity contribution in [3.8, 4) is 5.69 Å². The Morgan fingerprint density at radius 3 is 2.45 bits per heavy atom. The molecular weight excluding hydrogens is 248 g/mol. The van der Waals surface area contributed by atoms with Gasteiger partial charge in [-0.15, -0.1) is 0 Å². The van der Waals surface area contributed by atoms with Crippen LogP contribution < -0.4 is 0 Å². The lowest BCUT2D eigenvalue weighted by Gasteiger charge is -2.11. The molecular formula is C17H16N2O. The summed E-state index contributed by atoms with van der Waals surface area (Å²) in [6.45, 7) is 2.00. The number of aliphatic hydroxyl groups is 1. The van der Waals surface area contributed by atoms with Crippen LogP contribution in [0.5, 0.6) is 0 Å². The van der Waals surface area contributed by atoms with Crippen molar-refractivity contribution in [3.63, 3.8) is 0 Å². The lowest BCUT2D eigenvalue weighted by Crippen LogP contribution is -2.00. The molecule has 3 heteroatoms. The van der Waals surface area contributed by atoms with Crippen LogP contribution in [0.3, 0.4) is 0 Å². The second-order valence-electron chi connectivity index (χ2n) is 4.81. The molecule has 0 radical (unpaired) electrons. The van der Waals surface area contributed by atoms with E-state index in [4.69, 9.17) is 0 Å². The predicted octanol–water partition coefficient (Wildman–Crippen LogP) is 3.26. The van der Waals surface area contributed by atoms with E-state index in [-0.39, 0.29) is 0 Å². The highest BCUT2D eigenvalue weighted by Gasteiger charge is 2.14. The number of aliphatic hydroxyl groups excluding tert-OH is 1. The summed E-state index contributed by atoms with van der Waals surface area (Å²) in [6, 6.07) is 17.7. The van der Waals surface area contributed by atoms with Gasteiger partial charge in [0.05, 0.1) is 11.9 Å². The van der Waals surface area contributed by atoms with Crippen molar-refractivity contribution in [2.45, 2.75) is 13.0 Å². The fourth-order valence-electron chi connectivity index (χ4n) is 2.27. The Labute approximate surface area is 118 Å². The quantitative estimate of drug-likeness (QED) is 0.788. The van der Waals surface area contributed by atoms with Crippen molar-refractivity contribution in [1.82, 2.24) is 9.78 Å². The van der Waals surface area contributed by atoms with Crippen molar-refractivity contribution in [3.05, 3.63) is 83.7 Å². The van der Waals surface area contributed by atoms with E-state index in [9.17, 15) is 5.11 Å². The second kappa shape index (κ2) is 5.31. The van der Waals surface area contributed by atoms with Gasteiger partial charge in [0, 0.05) is 11.8 Å². The first kappa shape index (κ1) is 12.6. The first-order valence-corrected chi connectivity index (χ1v) is 6.59. The van der Waals surface area contributed by atoms with E-state index in [1.54, 1.807) is 10.9 Å². The molecule has 1 atom stereocenters. The molecule has 0 aliphatic rings. The maximum Gasteiger partial charge on any atom is 0.107 e. The zero-order valence-electron chi connectivity index (χ0n) is 11.3. The third-order valence-electron chi connectivity index (χ3n) is 3.42. The Hall–Kier alpha value is -2.39. The second-order valence-corrected chi connectivity index (χ2v) is 4.81. The summed E-state index contributed by atoms with van der Waals surface area (Å²) in [5.74, 6) is 0. The van der Waals surface area contributed by atoms with Crippen LogP contribution in [0.4, 0.5) is 0 Å². The van der Waals surface area contributed by atoms with Crippen LogP contribution >= 0.6 is 0 Å². The third-order valence-corrected chi connectivity index (χ3v) is 3.42. The van der Waals surface area contributed by atoms with Crippen LogP contribution in [0.2, 0.25) is 0 Å². The maximum absolute atomic E-state index is 10.5. The molecule has 0 aliphatic heterocycles. The maximum atomic E-state index is 10.5. The fourth-order valence-corrected chi connectivity index (χ4v) is 2.27. The van der Waals surface area contributed by atoms with E-state index >= 15 is 0 Å². The van der Waals surface area contributed by atoms with Crippen molar-refractivity contribution in [1.29, 1.82) is 0 Å². The van der Waals surface area contributed by atoms with Gasteiger partial charge in [-0.1, -0.05) is 42.5 Å². The summed E-state index contributed by atoms with van der Waals surface area (Å²) in [6.07, 6.45) is 2.94. The Morgan fingerprint density at radius 1 is 1.00 bits per heavy atom. The standard InChI is InChI=1S/C17H16N2O/c1-13-7-5-6-10-16(13)17(20)14-11-18-19(12-14)15-8-3-2-4-9-15/h2-12,17,20H,1H3. The molecule has 2 aromatic carbocycles. The minimum atomic E-state index is -0.645. The Morgan fingerprint density at radius 2 is 1.70 bits per heavy atom. The van der Waals surface area contributed by atoms with Gasteiger partial charge in [-0.05, 0) is 30.2 Å². The number of para-hydroxylation sites is 1. The lowest BCUT2D eigenvalue weighted by molar-refractivity contribution is 0.219. The number of rotatable bonds is 3. The normalized spacial score (nSPS) is 12.3. The van der Waals surface area contributed by atoms with Crippen molar-refractivity contribution >= 4 is 0 Å². The molecule has 0 amide bonds. The summed E-state index contributed by atoms with van der Waals surface area (Å²) >= 11 is 0. The molecule has 0 spiro atoms. The SMILES string of the molecule is Cc1ccccc1C(O)c1cnn(-c2ccccc2)c1. The van der Waals surface area contributed by atoms with E-state index < -0.39 is 6.10 Å². The molecule has 0 fully saturated rings. The van der Waals surface area contributed by atoms with Crippen molar-refractivity contribution < 1.29 is 5.11 Å². The molecule has 0 aliphatic carbocycles. The van der Waals surface area contributed by atoms with E-state index in [0.29, 0.717) is 0 Å². The Kier molecular flexibility index (Phi) is 3.35. The molecule has 3 aromatic rings. The molecule has 3 rings (SSSR count). The van der Waals surface area contributed by atoms with E-state index in [2.05, 4.69) is 5.10 Å². The number of benzene rings is 2. The summed E-state index contributed by atoms with van der Waals surface area (Å²) in [5.41, 5.74) is 3.77. The van der Waals surface area contributed by atoms with Gasteiger partial charge in [0.15, 0.2) is 0 Å². The highest BCUT2D eigenvalue weighted by Crippen LogP contribution is 2.24. The fraction of sp³-hybridized carbons (Fsp3) is 0.118. The van der Waals surface area contributed by atoms with Crippen LogP contribution in [0.1, 0.15) is 22.8 Å². The number of nitrogens with zero attached hydrogens (tertiary/aromatic N) is 2. The molecule has 1 heterocycles. The zero-order valence-corrected chi connectivity index (χ0v) is 11.3. The summed E-state index contributed by atoms with van der Waals surface area (Å²) < 4.78 is 1.77. The highest BCUT2D eigenvalue weighted by molar-refractivity contribution is 5.36.